The fraction of sp³-hybridized carbons (Fsp3) is 0.156. The second-order valence-electron chi connectivity index (χ2n) is 9.25. The standard InChI is InChI=1S/C32H27N/c1-21-14-17-25(18-15-21)33-31-13-5-4-9-29(31)30-20-24(16-19-32(30)33)27-11-7-12-28(23(27)3)26-10-6-8-22(26)2/h4-5,7-15,17-18,20H,16,19H2,1-3H3. The lowest BCUT2D eigenvalue weighted by molar-refractivity contribution is 0.897. The van der Waals surface area contributed by atoms with Gasteiger partial charge in [0.15, 0.2) is 0 Å². The summed E-state index contributed by atoms with van der Waals surface area (Å²) in [6.07, 6.45) is 8.72. The minimum atomic E-state index is 1.04. The van der Waals surface area contributed by atoms with Crippen molar-refractivity contribution in [3.05, 3.63) is 124 Å². The largest absolute Gasteiger partial charge is 0.313 e. The van der Waals surface area contributed by atoms with Crippen molar-refractivity contribution in [2.24, 2.45) is 0 Å². The lowest BCUT2D eigenvalue weighted by atomic mass is 9.86. The zero-order valence-electron chi connectivity index (χ0n) is 19.4. The lowest BCUT2D eigenvalue weighted by Crippen LogP contribution is -2.06. The van der Waals surface area contributed by atoms with Crippen molar-refractivity contribution >= 4 is 28.1 Å². The summed E-state index contributed by atoms with van der Waals surface area (Å²) in [5.41, 5.74) is 17.9. The van der Waals surface area contributed by atoms with E-state index in [0.717, 1.165) is 12.8 Å². The maximum absolute atomic E-state index is 3.26. The van der Waals surface area contributed by atoms with Crippen molar-refractivity contribution in [1.29, 1.82) is 0 Å². The Bertz CT molecular complexity index is 1540. The van der Waals surface area contributed by atoms with Crippen LogP contribution in [0.4, 0.5) is 0 Å². The number of nitrogens with zero attached hydrogens (tertiary/aromatic N) is 1. The summed E-state index contributed by atoms with van der Waals surface area (Å²) >= 11 is 0. The topological polar surface area (TPSA) is 4.93 Å². The number of hydrogen-bond donors (Lipinski definition) is 0. The first-order valence-corrected chi connectivity index (χ1v) is 11.8. The average molecular weight is 426 g/mol. The minimum absolute atomic E-state index is 1.04. The van der Waals surface area contributed by atoms with Crippen LogP contribution in [0, 0.1) is 13.8 Å². The molecular formula is C32H27N. The van der Waals surface area contributed by atoms with Crippen LogP contribution in [0.3, 0.4) is 0 Å². The van der Waals surface area contributed by atoms with Crippen LogP contribution in [0.1, 0.15) is 46.9 Å². The molecule has 6 rings (SSSR count). The van der Waals surface area contributed by atoms with Gasteiger partial charge in [0, 0.05) is 22.3 Å². The third-order valence-corrected chi connectivity index (χ3v) is 7.18. The maximum Gasteiger partial charge on any atom is 0.0537 e. The molecule has 0 fully saturated rings. The van der Waals surface area contributed by atoms with Crippen molar-refractivity contribution in [3.8, 4) is 5.69 Å². The molecular weight excluding hydrogens is 398 g/mol. The van der Waals surface area contributed by atoms with Crippen molar-refractivity contribution in [3.63, 3.8) is 0 Å². The minimum Gasteiger partial charge on any atom is -0.313 e. The Labute approximate surface area is 195 Å². The number of allylic oxidation sites excluding steroid dienone is 4. The van der Waals surface area contributed by atoms with Gasteiger partial charge in [0.2, 0.25) is 0 Å². The predicted octanol–water partition coefficient (Wildman–Crippen LogP) is 8.23. The van der Waals surface area contributed by atoms with Gasteiger partial charge in [-0.25, -0.2) is 0 Å². The number of hydrogen-bond acceptors (Lipinski definition) is 0. The first-order valence-electron chi connectivity index (χ1n) is 11.8. The Morgan fingerprint density at radius 1 is 0.758 bits per heavy atom. The average Bonchev–Trinajstić information content (AvgIpc) is 3.40. The lowest BCUT2D eigenvalue weighted by Gasteiger charge is -2.20. The quantitative estimate of drug-likeness (QED) is 0.291. The number of para-hydroxylation sites is 1. The smallest absolute Gasteiger partial charge is 0.0537 e. The first kappa shape index (κ1) is 19.9. The van der Waals surface area contributed by atoms with Crippen LogP contribution in [0.15, 0.2) is 90.2 Å². The van der Waals surface area contributed by atoms with Gasteiger partial charge in [-0.2, -0.15) is 0 Å². The summed E-state index contributed by atoms with van der Waals surface area (Å²) in [4.78, 5) is 0. The molecule has 1 aromatic heterocycles. The van der Waals surface area contributed by atoms with E-state index in [0.29, 0.717) is 0 Å². The van der Waals surface area contributed by atoms with E-state index >= 15 is 0 Å². The first-order chi connectivity index (χ1) is 16.1. The Morgan fingerprint density at radius 3 is 2.33 bits per heavy atom. The third-order valence-electron chi connectivity index (χ3n) is 7.18. The van der Waals surface area contributed by atoms with E-state index in [9.17, 15) is 0 Å². The van der Waals surface area contributed by atoms with Gasteiger partial charge in [-0.3, -0.25) is 0 Å². The van der Waals surface area contributed by atoms with Gasteiger partial charge in [-0.15, -0.1) is 5.73 Å². The number of rotatable bonds is 3. The van der Waals surface area contributed by atoms with E-state index in [4.69, 9.17) is 0 Å². The number of fused-ring (bicyclic) bond motifs is 3. The monoisotopic (exact) mass is 425 g/mol. The highest BCUT2D eigenvalue weighted by molar-refractivity contribution is 5.99. The zero-order valence-corrected chi connectivity index (χ0v) is 19.4. The van der Waals surface area contributed by atoms with Crippen LogP contribution >= 0.6 is 0 Å². The fourth-order valence-electron chi connectivity index (χ4n) is 5.43. The number of aryl methyl sites for hydroxylation is 1. The highest BCUT2D eigenvalue weighted by Gasteiger charge is 2.22. The molecule has 0 bridgehead atoms. The predicted molar refractivity (Wildman–Crippen MR) is 141 cm³/mol. The molecule has 0 N–H and O–H groups in total. The second-order valence-corrected chi connectivity index (χ2v) is 9.25. The maximum atomic E-state index is 3.26. The van der Waals surface area contributed by atoms with Crippen LogP contribution in [-0.2, 0) is 6.42 Å². The molecule has 2 aliphatic rings. The van der Waals surface area contributed by atoms with Gasteiger partial charge < -0.3 is 4.57 Å². The molecule has 1 heterocycles. The second kappa shape index (κ2) is 7.66. The number of benzene rings is 3. The summed E-state index contributed by atoms with van der Waals surface area (Å²) < 4.78 is 2.46. The van der Waals surface area contributed by atoms with Gasteiger partial charge in [0.1, 0.15) is 0 Å². The SMILES string of the molecule is CC1=C(c2cccc(C3=Cc4c(n(-c5ccc(C)cc5)c5ccccc45)CC3)c2C)C=C=C1. The van der Waals surface area contributed by atoms with Gasteiger partial charge in [-0.1, -0.05) is 54.1 Å². The molecule has 0 aliphatic heterocycles. The van der Waals surface area contributed by atoms with Crippen molar-refractivity contribution in [2.75, 3.05) is 0 Å². The molecule has 0 unspecified atom stereocenters. The fourth-order valence-corrected chi connectivity index (χ4v) is 5.43. The van der Waals surface area contributed by atoms with E-state index in [-0.39, 0.29) is 0 Å². The highest BCUT2D eigenvalue weighted by atomic mass is 15.0. The van der Waals surface area contributed by atoms with Crippen molar-refractivity contribution in [2.45, 2.75) is 33.6 Å². The van der Waals surface area contributed by atoms with Crippen molar-refractivity contribution in [1.82, 2.24) is 4.57 Å². The molecule has 160 valence electrons. The Morgan fingerprint density at radius 2 is 1.55 bits per heavy atom. The molecule has 0 radical (unpaired) electrons. The zero-order chi connectivity index (χ0) is 22.5. The molecule has 1 heteroatoms. The van der Waals surface area contributed by atoms with Crippen LogP contribution < -0.4 is 0 Å². The van der Waals surface area contributed by atoms with Gasteiger partial charge in [0.25, 0.3) is 0 Å². The molecule has 1 nitrogen and oxygen atoms in total. The van der Waals surface area contributed by atoms with Crippen molar-refractivity contribution < 1.29 is 0 Å². The van der Waals surface area contributed by atoms with Crippen LogP contribution in [0.25, 0.3) is 33.8 Å². The molecule has 3 aromatic carbocycles. The molecule has 2 aliphatic carbocycles. The molecule has 33 heavy (non-hydrogen) atoms. The van der Waals surface area contributed by atoms with Gasteiger partial charge >= 0.3 is 0 Å². The van der Waals surface area contributed by atoms with Crippen LogP contribution in [0.5, 0.6) is 0 Å². The summed E-state index contributed by atoms with van der Waals surface area (Å²) in [6.45, 7) is 6.58. The molecule has 0 saturated carbocycles. The summed E-state index contributed by atoms with van der Waals surface area (Å²) in [5.74, 6) is 0. The Balaban J connectivity index is 1.53. The van der Waals surface area contributed by atoms with Crippen LogP contribution in [0.2, 0.25) is 0 Å². The Hall–Kier alpha value is -3.80. The molecule has 0 amide bonds. The van der Waals surface area contributed by atoms with Gasteiger partial charge in [0.05, 0.1) is 5.52 Å². The van der Waals surface area contributed by atoms with E-state index in [1.54, 1.807) is 0 Å². The van der Waals surface area contributed by atoms with E-state index in [1.807, 2.05) is 0 Å². The highest BCUT2D eigenvalue weighted by Crippen LogP contribution is 2.40. The molecule has 0 spiro atoms. The third kappa shape index (κ3) is 3.17. The Kier molecular flexibility index (Phi) is 4.61. The normalized spacial score (nSPS) is 14.8. The van der Waals surface area contributed by atoms with E-state index < -0.39 is 0 Å². The summed E-state index contributed by atoms with van der Waals surface area (Å²) in [5, 5.41) is 1.33. The van der Waals surface area contributed by atoms with E-state index in [1.165, 1.54) is 66.8 Å². The molecule has 0 saturated heterocycles. The molecule has 4 aromatic rings. The van der Waals surface area contributed by atoms with Crippen LogP contribution in [-0.4, -0.2) is 4.57 Å². The summed E-state index contributed by atoms with van der Waals surface area (Å²) in [6, 6.07) is 24.5. The number of aromatic nitrogens is 1. The summed E-state index contributed by atoms with van der Waals surface area (Å²) in [7, 11) is 0. The van der Waals surface area contributed by atoms with E-state index in [2.05, 4.69) is 116 Å². The van der Waals surface area contributed by atoms with Gasteiger partial charge in [-0.05, 0) is 103 Å². The molecule has 0 atom stereocenters.